The van der Waals surface area contributed by atoms with Gasteiger partial charge in [0.1, 0.15) is 11.6 Å². The molecule has 1 atom stereocenters. The molecule has 1 amide bonds. The van der Waals surface area contributed by atoms with Crippen molar-refractivity contribution in [3.8, 4) is 0 Å². The molecule has 0 saturated carbocycles. The molecule has 3 N–H and O–H groups in total. The van der Waals surface area contributed by atoms with Gasteiger partial charge in [0.15, 0.2) is 0 Å². The molecular formula is C18H19N5OS. The predicted octanol–water partition coefficient (Wildman–Crippen LogP) is 3.08. The summed E-state index contributed by atoms with van der Waals surface area (Å²) in [6, 6.07) is 15.5. The third-order valence-electron chi connectivity index (χ3n) is 3.75. The minimum Gasteiger partial charge on any atom is -0.336 e. The highest BCUT2D eigenvalue weighted by Crippen LogP contribution is 2.35. The fourth-order valence-corrected chi connectivity index (χ4v) is 3.32. The van der Waals surface area contributed by atoms with Gasteiger partial charge in [-0.15, -0.1) is 10.2 Å². The van der Waals surface area contributed by atoms with E-state index in [9.17, 15) is 4.79 Å². The van der Waals surface area contributed by atoms with Gasteiger partial charge in [-0.25, -0.2) is 4.68 Å². The summed E-state index contributed by atoms with van der Waals surface area (Å²) >= 11 is 1.26. The van der Waals surface area contributed by atoms with Crippen LogP contribution in [-0.2, 0) is 4.79 Å². The molecule has 0 aliphatic heterocycles. The zero-order valence-corrected chi connectivity index (χ0v) is 14.8. The Bertz CT molecular complexity index is 878. The van der Waals surface area contributed by atoms with Crippen molar-refractivity contribution in [2.24, 2.45) is 0 Å². The highest BCUT2D eigenvalue weighted by Gasteiger charge is 2.24. The van der Waals surface area contributed by atoms with Crippen molar-refractivity contribution < 1.29 is 4.79 Å². The fraction of sp³-hybridized carbons (Fsp3) is 0.167. The van der Waals surface area contributed by atoms with Crippen molar-refractivity contribution >= 4 is 23.4 Å². The molecule has 0 saturated heterocycles. The van der Waals surface area contributed by atoms with Gasteiger partial charge in [-0.1, -0.05) is 54.2 Å². The van der Waals surface area contributed by atoms with Gasteiger partial charge in [0.25, 0.3) is 0 Å². The molecule has 0 bridgehead atoms. The highest BCUT2D eigenvalue weighted by atomic mass is 32.2. The SMILES string of the molecule is Cc1ccc(C)c(NC(=O)[C@H](Sc2nncn2N)c2ccccc2)c1. The van der Waals surface area contributed by atoms with Crippen LogP contribution in [-0.4, -0.2) is 20.8 Å². The molecule has 0 aliphatic rings. The Morgan fingerprint density at radius 2 is 1.96 bits per heavy atom. The molecule has 2 aromatic carbocycles. The first kappa shape index (κ1) is 17.0. The summed E-state index contributed by atoms with van der Waals surface area (Å²) in [6.45, 7) is 3.96. The molecule has 0 fully saturated rings. The lowest BCUT2D eigenvalue weighted by atomic mass is 10.1. The number of hydrogen-bond donors (Lipinski definition) is 2. The number of carbonyl (C=O) groups excluding carboxylic acids is 1. The molecule has 3 rings (SSSR count). The maximum atomic E-state index is 13.0. The van der Waals surface area contributed by atoms with Gasteiger partial charge in [0, 0.05) is 5.69 Å². The third kappa shape index (κ3) is 4.00. The van der Waals surface area contributed by atoms with Crippen LogP contribution in [0.4, 0.5) is 5.69 Å². The Hall–Kier alpha value is -2.80. The maximum absolute atomic E-state index is 13.0. The number of nitrogen functional groups attached to an aromatic ring is 1. The summed E-state index contributed by atoms with van der Waals surface area (Å²) in [7, 11) is 0. The van der Waals surface area contributed by atoms with Gasteiger partial charge < -0.3 is 11.2 Å². The lowest BCUT2D eigenvalue weighted by Gasteiger charge is -2.17. The Balaban J connectivity index is 1.89. The second-order valence-electron chi connectivity index (χ2n) is 5.74. The Morgan fingerprint density at radius 1 is 1.20 bits per heavy atom. The van der Waals surface area contributed by atoms with E-state index in [-0.39, 0.29) is 5.91 Å². The molecular weight excluding hydrogens is 334 g/mol. The van der Waals surface area contributed by atoms with Crippen LogP contribution in [0.15, 0.2) is 60.0 Å². The van der Waals surface area contributed by atoms with Crippen molar-refractivity contribution in [3.63, 3.8) is 0 Å². The van der Waals surface area contributed by atoms with Crippen molar-refractivity contribution in [1.29, 1.82) is 0 Å². The standard InChI is InChI=1S/C18H19N5OS/c1-12-8-9-13(2)15(10-12)21-17(24)16(14-6-4-3-5-7-14)25-18-22-20-11-23(18)19/h3-11,16H,19H2,1-2H3,(H,21,24)/t16-/m1/s1. The van der Waals surface area contributed by atoms with E-state index in [0.717, 1.165) is 22.4 Å². The molecule has 3 aromatic rings. The summed E-state index contributed by atoms with van der Waals surface area (Å²) in [4.78, 5) is 13.0. The number of hydrogen-bond acceptors (Lipinski definition) is 5. The summed E-state index contributed by atoms with van der Waals surface area (Å²) in [5.74, 6) is 5.67. The highest BCUT2D eigenvalue weighted by molar-refractivity contribution is 8.00. The maximum Gasteiger partial charge on any atom is 0.242 e. The van der Waals surface area contributed by atoms with Gasteiger partial charge in [0.2, 0.25) is 11.1 Å². The van der Waals surface area contributed by atoms with Crippen LogP contribution in [0.25, 0.3) is 0 Å². The number of anilines is 1. The van der Waals surface area contributed by atoms with Crippen molar-refractivity contribution in [2.75, 3.05) is 11.2 Å². The summed E-state index contributed by atoms with van der Waals surface area (Å²) in [6.07, 6.45) is 1.41. The van der Waals surface area contributed by atoms with Crippen molar-refractivity contribution in [3.05, 3.63) is 71.5 Å². The van der Waals surface area contributed by atoms with E-state index in [1.807, 2.05) is 62.4 Å². The van der Waals surface area contributed by atoms with E-state index in [1.165, 1.54) is 22.8 Å². The number of thioether (sulfide) groups is 1. The molecule has 0 unspecified atom stereocenters. The van der Waals surface area contributed by atoms with E-state index in [1.54, 1.807) is 0 Å². The Labute approximate surface area is 150 Å². The molecule has 0 radical (unpaired) electrons. The molecule has 6 nitrogen and oxygen atoms in total. The van der Waals surface area contributed by atoms with Crippen LogP contribution < -0.4 is 11.2 Å². The molecule has 7 heteroatoms. The molecule has 1 heterocycles. The molecule has 128 valence electrons. The quantitative estimate of drug-likeness (QED) is 0.544. The first-order valence-electron chi connectivity index (χ1n) is 7.79. The number of carbonyl (C=O) groups is 1. The monoisotopic (exact) mass is 353 g/mol. The van der Waals surface area contributed by atoms with Gasteiger partial charge >= 0.3 is 0 Å². The summed E-state index contributed by atoms with van der Waals surface area (Å²) < 4.78 is 1.31. The summed E-state index contributed by atoms with van der Waals surface area (Å²) in [5.41, 5.74) is 3.78. The average molecular weight is 353 g/mol. The molecule has 0 aliphatic carbocycles. The second-order valence-corrected chi connectivity index (χ2v) is 6.81. The number of aromatic nitrogens is 3. The fourth-order valence-electron chi connectivity index (χ4n) is 2.39. The Morgan fingerprint density at radius 3 is 2.64 bits per heavy atom. The normalized spacial score (nSPS) is 11.9. The predicted molar refractivity (Wildman–Crippen MR) is 99.8 cm³/mol. The number of aryl methyl sites for hydroxylation is 2. The lowest BCUT2D eigenvalue weighted by molar-refractivity contribution is -0.115. The first-order valence-corrected chi connectivity index (χ1v) is 8.67. The topological polar surface area (TPSA) is 85.8 Å². The number of amides is 1. The van der Waals surface area contributed by atoms with Crippen LogP contribution in [0.1, 0.15) is 21.9 Å². The van der Waals surface area contributed by atoms with Crippen LogP contribution in [0.5, 0.6) is 0 Å². The van der Waals surface area contributed by atoms with Crippen LogP contribution >= 0.6 is 11.8 Å². The van der Waals surface area contributed by atoms with Crippen molar-refractivity contribution in [1.82, 2.24) is 14.9 Å². The molecule has 0 spiro atoms. The smallest absolute Gasteiger partial charge is 0.242 e. The first-order chi connectivity index (χ1) is 12.0. The average Bonchev–Trinajstić information content (AvgIpc) is 3.01. The van der Waals surface area contributed by atoms with E-state index in [4.69, 9.17) is 5.84 Å². The molecule has 1 aromatic heterocycles. The number of nitrogens with one attached hydrogen (secondary N) is 1. The van der Waals surface area contributed by atoms with Crippen LogP contribution in [0, 0.1) is 13.8 Å². The third-order valence-corrected chi connectivity index (χ3v) is 4.98. The minimum atomic E-state index is -0.493. The summed E-state index contributed by atoms with van der Waals surface area (Å²) in [5, 5.41) is 10.8. The van der Waals surface area contributed by atoms with Crippen LogP contribution in [0.3, 0.4) is 0 Å². The lowest BCUT2D eigenvalue weighted by Crippen LogP contribution is -2.20. The van der Waals surface area contributed by atoms with Gasteiger partial charge in [-0.3, -0.25) is 4.79 Å². The Kier molecular flexibility index (Phi) is 5.04. The minimum absolute atomic E-state index is 0.132. The van der Waals surface area contributed by atoms with Gasteiger partial charge in [0.05, 0.1) is 0 Å². The molecule has 25 heavy (non-hydrogen) atoms. The van der Waals surface area contributed by atoms with Gasteiger partial charge in [-0.2, -0.15) is 0 Å². The van der Waals surface area contributed by atoms with Crippen LogP contribution in [0.2, 0.25) is 0 Å². The van der Waals surface area contributed by atoms with E-state index >= 15 is 0 Å². The van der Waals surface area contributed by atoms with E-state index in [0.29, 0.717) is 5.16 Å². The zero-order chi connectivity index (χ0) is 17.8. The number of rotatable bonds is 5. The van der Waals surface area contributed by atoms with Gasteiger partial charge in [-0.05, 0) is 36.6 Å². The number of nitrogens with two attached hydrogens (primary N) is 1. The number of benzene rings is 2. The largest absolute Gasteiger partial charge is 0.336 e. The second kappa shape index (κ2) is 7.40. The van der Waals surface area contributed by atoms with E-state index in [2.05, 4.69) is 15.5 Å². The number of nitrogens with zero attached hydrogens (tertiary/aromatic N) is 3. The van der Waals surface area contributed by atoms with Crippen molar-refractivity contribution in [2.45, 2.75) is 24.3 Å². The van der Waals surface area contributed by atoms with E-state index < -0.39 is 5.25 Å². The zero-order valence-electron chi connectivity index (χ0n) is 14.0.